The first kappa shape index (κ1) is 18.0. The first-order chi connectivity index (χ1) is 13.1. The number of hydrogen-bond donors (Lipinski definition) is 0. The Morgan fingerprint density at radius 2 is 1.93 bits per heavy atom. The molecule has 0 aliphatic carbocycles. The summed E-state index contributed by atoms with van der Waals surface area (Å²) < 4.78 is 31.2. The van der Waals surface area contributed by atoms with Crippen molar-refractivity contribution >= 4 is 27.2 Å². The van der Waals surface area contributed by atoms with Crippen molar-refractivity contribution < 1.29 is 12.8 Å². The van der Waals surface area contributed by atoms with Gasteiger partial charge in [0.15, 0.2) is 0 Å². The van der Waals surface area contributed by atoms with Gasteiger partial charge in [-0.15, -0.1) is 21.5 Å². The molecule has 9 nitrogen and oxygen atoms in total. The van der Waals surface area contributed by atoms with Gasteiger partial charge >= 0.3 is 0 Å². The van der Waals surface area contributed by atoms with E-state index in [9.17, 15) is 8.42 Å². The normalized spacial score (nSPS) is 16.0. The molecule has 4 heterocycles. The second kappa shape index (κ2) is 7.33. The average Bonchev–Trinajstić information content (AvgIpc) is 3.40. The average molecular weight is 406 g/mol. The Bertz CT molecular complexity index is 1010. The zero-order chi connectivity index (χ0) is 18.9. The third-order valence-corrected chi connectivity index (χ3v) is 7.06. The molecule has 3 aromatic heterocycles. The first-order valence-electron chi connectivity index (χ1n) is 8.49. The zero-order valence-electron chi connectivity index (χ0n) is 14.6. The number of nitrogens with zero attached hydrogens (tertiary/aromatic N) is 6. The Morgan fingerprint density at radius 3 is 2.63 bits per heavy atom. The molecule has 0 unspecified atom stereocenters. The number of piperazine rings is 1. The Morgan fingerprint density at radius 1 is 1.15 bits per heavy atom. The number of anilines is 1. The van der Waals surface area contributed by atoms with E-state index in [1.54, 1.807) is 19.3 Å². The van der Waals surface area contributed by atoms with Crippen molar-refractivity contribution in [3.63, 3.8) is 0 Å². The lowest BCUT2D eigenvalue weighted by Crippen LogP contribution is -2.49. The summed E-state index contributed by atoms with van der Waals surface area (Å²) in [7, 11) is -3.16. The van der Waals surface area contributed by atoms with E-state index >= 15 is 0 Å². The van der Waals surface area contributed by atoms with Crippen molar-refractivity contribution in [2.45, 2.75) is 6.92 Å². The van der Waals surface area contributed by atoms with Crippen LogP contribution in [-0.2, 0) is 10.0 Å². The lowest BCUT2D eigenvalue weighted by molar-refractivity contribution is 0.384. The number of rotatable bonds is 5. The highest BCUT2D eigenvalue weighted by molar-refractivity contribution is 7.89. The second-order valence-corrected chi connectivity index (χ2v) is 9.14. The van der Waals surface area contributed by atoms with Crippen molar-refractivity contribution in [3.05, 3.63) is 29.9 Å². The van der Waals surface area contributed by atoms with Gasteiger partial charge in [-0.3, -0.25) is 4.98 Å². The zero-order valence-corrected chi connectivity index (χ0v) is 16.3. The minimum atomic E-state index is -3.16. The van der Waals surface area contributed by atoms with Crippen LogP contribution in [0.1, 0.15) is 6.92 Å². The van der Waals surface area contributed by atoms with Gasteiger partial charge in [0.1, 0.15) is 11.5 Å². The van der Waals surface area contributed by atoms with E-state index in [0.717, 1.165) is 4.88 Å². The molecule has 27 heavy (non-hydrogen) atoms. The lowest BCUT2D eigenvalue weighted by Gasteiger charge is -2.34. The molecule has 0 aromatic carbocycles. The van der Waals surface area contributed by atoms with Crippen LogP contribution in [-0.4, -0.2) is 64.8 Å². The SMILES string of the molecule is CCS(=O)(=O)N1CCN(c2cncc(-c3nnc(-c4cccs4)o3)n2)CC1. The molecule has 142 valence electrons. The van der Waals surface area contributed by atoms with Crippen molar-refractivity contribution in [2.75, 3.05) is 36.8 Å². The molecule has 1 aliphatic rings. The predicted molar refractivity (Wildman–Crippen MR) is 102 cm³/mol. The van der Waals surface area contributed by atoms with E-state index in [1.807, 2.05) is 22.4 Å². The molecule has 1 fully saturated rings. The molecule has 1 saturated heterocycles. The van der Waals surface area contributed by atoms with Gasteiger partial charge in [-0.25, -0.2) is 13.4 Å². The van der Waals surface area contributed by atoms with Crippen LogP contribution in [0.25, 0.3) is 22.4 Å². The molecule has 0 N–H and O–H groups in total. The van der Waals surface area contributed by atoms with E-state index in [2.05, 4.69) is 20.2 Å². The molecule has 0 atom stereocenters. The third-order valence-electron chi connectivity index (χ3n) is 4.32. The number of thiophene rings is 1. The van der Waals surface area contributed by atoms with Gasteiger partial charge in [0.25, 0.3) is 11.8 Å². The van der Waals surface area contributed by atoms with Crippen molar-refractivity contribution in [1.29, 1.82) is 0 Å². The Hall–Kier alpha value is -2.37. The molecular weight excluding hydrogens is 388 g/mol. The molecule has 11 heteroatoms. The smallest absolute Gasteiger partial charge is 0.268 e. The van der Waals surface area contributed by atoms with Gasteiger partial charge in [-0.1, -0.05) is 6.07 Å². The van der Waals surface area contributed by atoms with Gasteiger partial charge in [-0.2, -0.15) is 4.31 Å². The van der Waals surface area contributed by atoms with Crippen LogP contribution in [0.4, 0.5) is 5.82 Å². The third kappa shape index (κ3) is 3.70. The standard InChI is InChI=1S/C16H18N6O3S2/c1-2-27(23,24)22-7-5-21(6-8-22)14-11-17-10-12(18-14)15-19-20-16(25-15)13-4-3-9-26-13/h3-4,9-11H,2,5-8H2,1H3. The maximum absolute atomic E-state index is 12.0. The summed E-state index contributed by atoms with van der Waals surface area (Å²) in [6.07, 6.45) is 3.23. The van der Waals surface area contributed by atoms with E-state index in [-0.39, 0.29) is 5.75 Å². The molecule has 0 spiro atoms. The fourth-order valence-corrected chi connectivity index (χ4v) is 4.54. The molecule has 3 aromatic rings. The minimum Gasteiger partial charge on any atom is -0.414 e. The summed E-state index contributed by atoms with van der Waals surface area (Å²) in [5, 5.41) is 10.1. The Balaban J connectivity index is 1.51. The van der Waals surface area contributed by atoms with Gasteiger partial charge in [-0.05, 0) is 18.4 Å². The van der Waals surface area contributed by atoms with Gasteiger partial charge < -0.3 is 9.32 Å². The highest BCUT2D eigenvalue weighted by Gasteiger charge is 2.26. The highest BCUT2D eigenvalue weighted by Crippen LogP contribution is 2.26. The lowest BCUT2D eigenvalue weighted by atomic mass is 10.3. The summed E-state index contributed by atoms with van der Waals surface area (Å²) >= 11 is 1.52. The van der Waals surface area contributed by atoms with E-state index < -0.39 is 10.0 Å². The molecule has 0 amide bonds. The number of hydrogen-bond acceptors (Lipinski definition) is 9. The van der Waals surface area contributed by atoms with Crippen LogP contribution in [0, 0.1) is 0 Å². The topological polar surface area (TPSA) is 105 Å². The molecule has 4 rings (SSSR count). The van der Waals surface area contributed by atoms with E-state index in [1.165, 1.54) is 15.6 Å². The highest BCUT2D eigenvalue weighted by atomic mass is 32.2. The van der Waals surface area contributed by atoms with Crippen LogP contribution in [0.15, 0.2) is 34.3 Å². The van der Waals surface area contributed by atoms with Crippen LogP contribution in [0.5, 0.6) is 0 Å². The summed E-state index contributed by atoms with van der Waals surface area (Å²) in [6, 6.07) is 3.83. The van der Waals surface area contributed by atoms with Crippen molar-refractivity contribution in [2.24, 2.45) is 0 Å². The summed E-state index contributed by atoms with van der Waals surface area (Å²) in [5.41, 5.74) is 0.492. The molecular formula is C16H18N6O3S2. The Labute approximate surface area is 160 Å². The minimum absolute atomic E-state index is 0.117. The maximum atomic E-state index is 12.0. The van der Waals surface area contributed by atoms with Crippen LogP contribution in [0.2, 0.25) is 0 Å². The van der Waals surface area contributed by atoms with Gasteiger partial charge in [0.05, 0.1) is 23.0 Å². The molecule has 0 bridgehead atoms. The molecule has 0 saturated carbocycles. The fraction of sp³-hybridized carbons (Fsp3) is 0.375. The molecule has 1 aliphatic heterocycles. The fourth-order valence-electron chi connectivity index (χ4n) is 2.82. The van der Waals surface area contributed by atoms with Gasteiger partial charge in [0, 0.05) is 26.2 Å². The van der Waals surface area contributed by atoms with Crippen molar-refractivity contribution in [1.82, 2.24) is 24.5 Å². The van der Waals surface area contributed by atoms with Crippen LogP contribution in [0.3, 0.4) is 0 Å². The monoisotopic (exact) mass is 406 g/mol. The van der Waals surface area contributed by atoms with E-state index in [0.29, 0.717) is 49.5 Å². The van der Waals surface area contributed by atoms with E-state index in [4.69, 9.17) is 4.42 Å². The number of sulfonamides is 1. The van der Waals surface area contributed by atoms with Crippen LogP contribution >= 0.6 is 11.3 Å². The largest absolute Gasteiger partial charge is 0.414 e. The van der Waals surface area contributed by atoms with Crippen LogP contribution < -0.4 is 4.90 Å². The maximum Gasteiger partial charge on any atom is 0.268 e. The summed E-state index contributed by atoms with van der Waals surface area (Å²) in [5.74, 6) is 1.54. The second-order valence-electron chi connectivity index (χ2n) is 5.94. The quantitative estimate of drug-likeness (QED) is 0.631. The summed E-state index contributed by atoms with van der Waals surface area (Å²) in [6.45, 7) is 3.64. The summed E-state index contributed by atoms with van der Waals surface area (Å²) in [4.78, 5) is 11.7. The number of aromatic nitrogens is 4. The van der Waals surface area contributed by atoms with Gasteiger partial charge in [0.2, 0.25) is 10.0 Å². The van der Waals surface area contributed by atoms with Crippen molar-refractivity contribution in [3.8, 4) is 22.4 Å². The Kier molecular flexibility index (Phi) is 4.89. The first-order valence-corrected chi connectivity index (χ1v) is 11.0. The molecule has 0 radical (unpaired) electrons. The predicted octanol–water partition coefficient (Wildman–Crippen LogP) is 1.73.